The van der Waals surface area contributed by atoms with Crippen molar-refractivity contribution < 1.29 is 100 Å². The largest absolute Gasteiger partial charge is 2.00 e. The van der Waals surface area contributed by atoms with E-state index in [-0.39, 0.29) is 78.8 Å². The van der Waals surface area contributed by atoms with E-state index in [4.69, 9.17) is 0 Å². The van der Waals surface area contributed by atoms with E-state index in [0.29, 0.717) is 0 Å². The van der Waals surface area contributed by atoms with Crippen LogP contribution in [0.3, 0.4) is 0 Å². The molecule has 256 valence electrons. The third-order valence-electron chi connectivity index (χ3n) is 3.71. The molecule has 0 aliphatic rings. The molecular formula is C27H35Mn2N5O13+4. The van der Waals surface area contributed by atoms with Gasteiger partial charge in [0.25, 0.3) is 0 Å². The van der Waals surface area contributed by atoms with Crippen LogP contribution >= 0.6 is 0 Å². The summed E-state index contributed by atoms with van der Waals surface area (Å²) in [6.45, 7) is 0. The summed E-state index contributed by atoms with van der Waals surface area (Å²) in [6.07, 6.45) is 6.38. The van der Waals surface area contributed by atoms with Crippen LogP contribution < -0.4 is 20.4 Å². The van der Waals surface area contributed by atoms with Crippen molar-refractivity contribution in [3.8, 4) is 0 Å². The van der Waals surface area contributed by atoms with Gasteiger partial charge in [0.2, 0.25) is 6.41 Å². The van der Waals surface area contributed by atoms with Crippen LogP contribution in [0.25, 0.3) is 0 Å². The van der Waals surface area contributed by atoms with Gasteiger partial charge in [-0.2, -0.15) is 0 Å². The van der Waals surface area contributed by atoms with Crippen LogP contribution in [0.4, 0.5) is 0 Å². The van der Waals surface area contributed by atoms with Crippen molar-refractivity contribution in [1.29, 1.82) is 0 Å². The van der Waals surface area contributed by atoms with Crippen LogP contribution in [0, 0.1) is 0 Å². The minimum absolute atomic E-state index is 0. The molecule has 2 radical (unpaired) electrons. The van der Waals surface area contributed by atoms with Crippen molar-refractivity contribution in [1.82, 2.24) is 24.8 Å². The number of rotatable bonds is 5. The fourth-order valence-corrected chi connectivity index (χ4v) is 1.93. The van der Waals surface area contributed by atoms with Gasteiger partial charge in [-0.3, -0.25) is 24.7 Å². The molecular weight excluding hydrogens is 712 g/mol. The summed E-state index contributed by atoms with van der Waals surface area (Å²) in [7, 11) is 3.38. The minimum atomic E-state index is -1.24. The Kier molecular flexibility index (Phi) is 43.2. The maximum absolute atomic E-state index is 10.0. The summed E-state index contributed by atoms with van der Waals surface area (Å²) >= 11 is 0. The molecule has 0 aliphatic carbocycles. The first-order valence-corrected chi connectivity index (χ1v) is 11.1. The molecule has 47 heavy (non-hydrogen) atoms. The smallest absolute Gasteiger partial charge is 0.543 e. The van der Waals surface area contributed by atoms with Crippen LogP contribution in [0.5, 0.6) is 0 Å². The Hall–Kier alpha value is -5.17. The molecule has 20 heteroatoms. The summed E-state index contributed by atoms with van der Waals surface area (Å²) in [5, 5.41) is 40.1. The third kappa shape index (κ3) is 30.6. The van der Waals surface area contributed by atoms with E-state index in [0.717, 1.165) is 6.41 Å². The summed E-state index contributed by atoms with van der Waals surface area (Å²) in [5.74, 6) is -4.96. The molecule has 12 N–H and O–H groups in total. The number of aromatic carboxylic acids is 4. The molecule has 4 heterocycles. The van der Waals surface area contributed by atoms with Crippen LogP contribution in [-0.2, 0) is 60.8 Å². The zero-order chi connectivity index (χ0) is 31.0. The second-order valence-electron chi connectivity index (χ2n) is 7.08. The number of hydrogen-bond acceptors (Lipinski definition) is 13. The number of hydrogen-bond donors (Lipinski definition) is 0. The van der Waals surface area contributed by atoms with Crippen LogP contribution in [0.15, 0.2) is 97.6 Å². The van der Waals surface area contributed by atoms with Gasteiger partial charge in [-0.1, -0.05) is 24.3 Å². The topological polar surface area (TPSA) is 364 Å². The van der Waals surface area contributed by atoms with E-state index < -0.39 is 23.9 Å². The zero-order valence-corrected chi connectivity index (χ0v) is 27.2. The standard InChI is InChI=1S/4C6H5NO2.C3H7NO.2Mn.4H2O/c4*8-6(9)5-3-1-2-4-7-5;1-4(2)3-5;;;;;;/h4*1-4H,(H,8,9);3H,1-2H3;;;4*1H2/q;;;;;2*+2;;;;. The number of carboxylic acid groups (broad SMARTS) is 4. The number of carboxylic acids is 4. The third-order valence-corrected chi connectivity index (χ3v) is 3.71. The van der Waals surface area contributed by atoms with Crippen molar-refractivity contribution in [3.63, 3.8) is 0 Å². The van der Waals surface area contributed by atoms with Crippen molar-refractivity contribution in [2.45, 2.75) is 0 Å². The maximum Gasteiger partial charge on any atom is 2.00 e. The Labute approximate surface area is 289 Å². The van der Waals surface area contributed by atoms with Crippen LogP contribution in [-0.4, -0.2) is 69.2 Å². The summed E-state index contributed by atoms with van der Waals surface area (Å²) < 4.78 is 0. The fraction of sp³-hybridized carbons (Fsp3) is 0.0741. The van der Waals surface area contributed by atoms with Gasteiger partial charge in [-0.25, -0.2) is 0 Å². The number of aromatic nitrogens is 4. The van der Waals surface area contributed by atoms with E-state index in [1.54, 1.807) is 62.6 Å². The van der Waals surface area contributed by atoms with Gasteiger partial charge in [0.1, 0.15) is 0 Å². The first kappa shape index (κ1) is 57.5. The number of nitrogens with zero attached hydrogens (tertiary/aromatic N) is 5. The van der Waals surface area contributed by atoms with Gasteiger partial charge in [0.15, 0.2) is 0 Å². The van der Waals surface area contributed by atoms with Gasteiger partial charge < -0.3 is 66.4 Å². The van der Waals surface area contributed by atoms with Crippen molar-refractivity contribution in [3.05, 3.63) is 120 Å². The summed E-state index contributed by atoms with van der Waals surface area (Å²) in [4.78, 5) is 65.0. The Morgan fingerprint density at radius 3 is 0.723 bits per heavy atom. The molecule has 4 rings (SSSR count). The molecule has 0 atom stereocenters. The predicted molar refractivity (Wildman–Crippen MR) is 154 cm³/mol. The average molecular weight is 747 g/mol. The molecule has 0 bridgehead atoms. The first-order valence-electron chi connectivity index (χ1n) is 11.1. The molecule has 18 nitrogen and oxygen atoms in total. The second kappa shape index (κ2) is 35.3. The maximum atomic E-state index is 10.0. The molecule has 0 spiro atoms. The van der Waals surface area contributed by atoms with Crippen LogP contribution in [0.1, 0.15) is 42.0 Å². The first-order chi connectivity index (χ1) is 19.5. The quantitative estimate of drug-likeness (QED) is 0.104. The molecule has 0 aliphatic heterocycles. The number of amides is 1. The van der Waals surface area contributed by atoms with Gasteiger partial charge in [-0.05, 0) is 48.5 Å². The Bertz CT molecular complexity index is 1150. The summed E-state index contributed by atoms with van der Waals surface area (Å²) in [6, 6.07) is 18.5. The van der Waals surface area contributed by atoms with Crippen molar-refractivity contribution in [2.24, 2.45) is 0 Å². The molecule has 0 aromatic carbocycles. The van der Waals surface area contributed by atoms with E-state index in [9.17, 15) is 44.4 Å². The van der Waals surface area contributed by atoms with E-state index in [2.05, 4.69) is 19.9 Å². The normalized spacial score (nSPS) is 7.53. The number of pyridine rings is 4. The Morgan fingerprint density at radius 1 is 0.489 bits per heavy atom. The summed E-state index contributed by atoms with van der Waals surface area (Å²) in [5.41, 5.74) is -0.120. The van der Waals surface area contributed by atoms with E-state index >= 15 is 0 Å². The van der Waals surface area contributed by atoms with Gasteiger partial charge in [0.05, 0.1) is 46.7 Å². The average Bonchev–Trinajstić information content (AvgIpc) is 3.00. The predicted octanol–water partition coefficient (Wildman–Crippen LogP) is -6.21. The monoisotopic (exact) mass is 747 g/mol. The van der Waals surface area contributed by atoms with Gasteiger partial charge in [-0.15, -0.1) is 0 Å². The van der Waals surface area contributed by atoms with E-state index in [1.165, 1.54) is 54.0 Å². The molecule has 1 amide bonds. The second-order valence-corrected chi connectivity index (χ2v) is 7.08. The molecule has 0 unspecified atom stereocenters. The minimum Gasteiger partial charge on any atom is -0.543 e. The van der Waals surface area contributed by atoms with Crippen molar-refractivity contribution >= 4 is 30.3 Å². The fourth-order valence-electron chi connectivity index (χ4n) is 1.93. The van der Waals surface area contributed by atoms with Crippen LogP contribution in [0.2, 0.25) is 0 Å². The Morgan fingerprint density at radius 2 is 0.660 bits per heavy atom. The van der Waals surface area contributed by atoms with E-state index in [1.807, 2.05) is 0 Å². The zero-order valence-electron chi connectivity index (χ0n) is 24.8. The SMILES string of the molecule is CN(C)C=O.O=C([O-])c1ccccn1.O=C([O-])c1ccccn1.O=C([O-])c1ccccn1.O=C([O-])c1ccccn1.[Mn+2].[Mn+2].[OH3+].[OH3+].[OH3+].[OH3+]. The number of carbonyl (C=O) groups excluding carboxylic acids is 5. The Balaban J connectivity index is -0.0000000834. The molecule has 0 saturated carbocycles. The molecule has 4 aromatic rings. The molecule has 0 fully saturated rings. The molecule has 0 saturated heterocycles. The van der Waals surface area contributed by atoms with Crippen molar-refractivity contribution in [2.75, 3.05) is 14.1 Å². The number of carbonyl (C=O) groups is 5. The van der Waals surface area contributed by atoms with Gasteiger partial charge in [0, 0.05) is 38.9 Å². The van der Waals surface area contributed by atoms with Gasteiger partial charge >= 0.3 is 34.1 Å². The molecule has 4 aromatic heterocycles.